The first kappa shape index (κ1) is 23.3. The number of carbonyl (C=O) groups is 1. The highest BCUT2D eigenvalue weighted by Gasteiger charge is 2.22. The minimum absolute atomic E-state index is 0.0792. The van der Waals surface area contributed by atoms with E-state index in [4.69, 9.17) is 16.3 Å². The van der Waals surface area contributed by atoms with Gasteiger partial charge in [-0.1, -0.05) is 47.6 Å². The summed E-state index contributed by atoms with van der Waals surface area (Å²) in [5, 5.41) is 12.7. The average molecular weight is 459 g/mol. The van der Waals surface area contributed by atoms with Crippen molar-refractivity contribution in [2.75, 3.05) is 19.0 Å². The van der Waals surface area contributed by atoms with E-state index in [0.29, 0.717) is 29.2 Å². The van der Waals surface area contributed by atoms with Gasteiger partial charge in [0, 0.05) is 31.5 Å². The fourth-order valence-electron chi connectivity index (χ4n) is 3.10. The molecule has 0 saturated heterocycles. The van der Waals surface area contributed by atoms with E-state index < -0.39 is 0 Å². The van der Waals surface area contributed by atoms with Crippen LogP contribution in [0.5, 0.6) is 0 Å². The highest BCUT2D eigenvalue weighted by atomic mass is 35.5. The van der Waals surface area contributed by atoms with E-state index in [9.17, 15) is 4.79 Å². The van der Waals surface area contributed by atoms with Gasteiger partial charge in [0.15, 0.2) is 11.0 Å². The SMILES string of the molecule is COCCCn1c(SC(C)C(=O)Nc2cc(C)ccc2C)nnc1-c1ccccc1Cl. The Balaban J connectivity index is 1.81. The standard InChI is InChI=1S/C23H27ClN4O2S/c1-15-10-11-16(2)20(14-15)25-22(29)17(3)31-23-27-26-21(28(23)12-7-13-30-4)18-8-5-6-9-19(18)24/h5-6,8-11,14,17H,7,12-13H2,1-4H3,(H,25,29). The van der Waals surface area contributed by atoms with Crippen molar-refractivity contribution in [2.24, 2.45) is 0 Å². The van der Waals surface area contributed by atoms with Gasteiger partial charge in [-0.15, -0.1) is 10.2 Å². The Labute approximate surface area is 192 Å². The second kappa shape index (κ2) is 10.8. The molecule has 1 unspecified atom stereocenters. The van der Waals surface area contributed by atoms with Crippen LogP contribution in [-0.4, -0.2) is 39.6 Å². The molecule has 0 saturated carbocycles. The summed E-state index contributed by atoms with van der Waals surface area (Å²) < 4.78 is 7.21. The lowest BCUT2D eigenvalue weighted by atomic mass is 10.1. The number of hydrogen-bond acceptors (Lipinski definition) is 5. The molecular weight excluding hydrogens is 432 g/mol. The van der Waals surface area contributed by atoms with Crippen molar-refractivity contribution < 1.29 is 9.53 Å². The number of hydrogen-bond donors (Lipinski definition) is 1. The summed E-state index contributed by atoms with van der Waals surface area (Å²) in [7, 11) is 1.68. The van der Waals surface area contributed by atoms with Crippen molar-refractivity contribution in [1.29, 1.82) is 0 Å². The van der Waals surface area contributed by atoms with E-state index in [1.54, 1.807) is 7.11 Å². The van der Waals surface area contributed by atoms with Crippen molar-refractivity contribution >= 4 is 35.0 Å². The predicted octanol–water partition coefficient (Wildman–Crippen LogP) is 5.37. The molecule has 8 heteroatoms. The number of halogens is 1. The molecule has 1 N–H and O–H groups in total. The number of carbonyl (C=O) groups excluding carboxylic acids is 1. The number of ether oxygens (including phenoxy) is 1. The maximum atomic E-state index is 12.9. The van der Waals surface area contributed by atoms with Crippen LogP contribution >= 0.6 is 23.4 Å². The molecule has 0 bridgehead atoms. The van der Waals surface area contributed by atoms with Crippen LogP contribution in [0.25, 0.3) is 11.4 Å². The molecule has 1 amide bonds. The predicted molar refractivity (Wildman–Crippen MR) is 127 cm³/mol. The van der Waals surface area contributed by atoms with Crippen molar-refractivity contribution in [1.82, 2.24) is 14.8 Å². The molecule has 31 heavy (non-hydrogen) atoms. The molecule has 3 aromatic rings. The highest BCUT2D eigenvalue weighted by Crippen LogP contribution is 2.31. The minimum atomic E-state index is -0.357. The van der Waals surface area contributed by atoms with E-state index in [1.165, 1.54) is 11.8 Å². The van der Waals surface area contributed by atoms with Crippen molar-refractivity contribution in [3.8, 4) is 11.4 Å². The molecule has 0 aliphatic carbocycles. The molecule has 0 radical (unpaired) electrons. The monoisotopic (exact) mass is 458 g/mol. The Bertz CT molecular complexity index is 1050. The zero-order valence-electron chi connectivity index (χ0n) is 18.2. The van der Waals surface area contributed by atoms with Crippen LogP contribution in [0.1, 0.15) is 24.5 Å². The number of aryl methyl sites for hydroxylation is 2. The quantitative estimate of drug-likeness (QED) is 0.344. The largest absolute Gasteiger partial charge is 0.385 e. The molecule has 164 valence electrons. The maximum Gasteiger partial charge on any atom is 0.237 e. The van der Waals surface area contributed by atoms with E-state index in [1.807, 2.05) is 67.8 Å². The Kier molecular flexibility index (Phi) is 8.12. The van der Waals surface area contributed by atoms with Crippen LogP contribution in [0, 0.1) is 13.8 Å². The van der Waals surface area contributed by atoms with Gasteiger partial charge < -0.3 is 14.6 Å². The van der Waals surface area contributed by atoms with Crippen LogP contribution in [-0.2, 0) is 16.1 Å². The smallest absolute Gasteiger partial charge is 0.237 e. The van der Waals surface area contributed by atoms with Crippen LogP contribution in [0.2, 0.25) is 5.02 Å². The summed E-state index contributed by atoms with van der Waals surface area (Å²) in [4.78, 5) is 12.9. The van der Waals surface area contributed by atoms with E-state index >= 15 is 0 Å². The molecule has 1 aromatic heterocycles. The molecule has 1 atom stereocenters. The minimum Gasteiger partial charge on any atom is -0.385 e. The Morgan fingerprint density at radius 1 is 1.23 bits per heavy atom. The fraction of sp³-hybridized carbons (Fsp3) is 0.348. The number of thioether (sulfide) groups is 1. The second-order valence-corrected chi connectivity index (χ2v) is 9.07. The lowest BCUT2D eigenvalue weighted by molar-refractivity contribution is -0.115. The first-order valence-electron chi connectivity index (χ1n) is 10.1. The first-order valence-corrected chi connectivity index (χ1v) is 11.4. The number of amides is 1. The number of nitrogens with zero attached hydrogens (tertiary/aromatic N) is 3. The molecule has 2 aromatic carbocycles. The molecule has 0 fully saturated rings. The Hall–Kier alpha value is -2.35. The number of rotatable bonds is 9. The van der Waals surface area contributed by atoms with Gasteiger partial charge in [0.05, 0.1) is 10.3 Å². The number of benzene rings is 2. The topological polar surface area (TPSA) is 69.0 Å². The summed E-state index contributed by atoms with van der Waals surface area (Å²) in [6, 6.07) is 13.6. The third kappa shape index (κ3) is 5.87. The summed E-state index contributed by atoms with van der Waals surface area (Å²) in [6.07, 6.45) is 0.794. The lowest BCUT2D eigenvalue weighted by Gasteiger charge is -2.15. The van der Waals surface area contributed by atoms with Crippen molar-refractivity contribution in [3.05, 3.63) is 58.6 Å². The lowest BCUT2D eigenvalue weighted by Crippen LogP contribution is -2.23. The zero-order chi connectivity index (χ0) is 22.4. The summed E-state index contributed by atoms with van der Waals surface area (Å²) >= 11 is 7.78. The number of nitrogens with one attached hydrogen (secondary N) is 1. The maximum absolute atomic E-state index is 12.9. The average Bonchev–Trinajstić information content (AvgIpc) is 3.13. The Morgan fingerprint density at radius 3 is 2.74 bits per heavy atom. The van der Waals surface area contributed by atoms with Gasteiger partial charge >= 0.3 is 0 Å². The van der Waals surface area contributed by atoms with Crippen molar-refractivity contribution in [2.45, 2.75) is 44.1 Å². The van der Waals surface area contributed by atoms with Gasteiger partial charge in [-0.25, -0.2) is 0 Å². The molecule has 0 aliphatic rings. The normalized spacial score (nSPS) is 12.0. The van der Waals surface area contributed by atoms with Gasteiger partial charge in [-0.2, -0.15) is 0 Å². The van der Waals surface area contributed by atoms with Crippen LogP contribution in [0.4, 0.5) is 5.69 Å². The van der Waals surface area contributed by atoms with E-state index in [2.05, 4.69) is 15.5 Å². The van der Waals surface area contributed by atoms with Gasteiger partial charge in [0.25, 0.3) is 0 Å². The van der Waals surface area contributed by atoms with Crippen LogP contribution in [0.3, 0.4) is 0 Å². The van der Waals surface area contributed by atoms with E-state index in [-0.39, 0.29) is 11.2 Å². The van der Waals surface area contributed by atoms with Crippen LogP contribution < -0.4 is 5.32 Å². The molecule has 1 heterocycles. The zero-order valence-corrected chi connectivity index (χ0v) is 19.8. The van der Waals surface area contributed by atoms with Crippen LogP contribution in [0.15, 0.2) is 47.6 Å². The number of aromatic nitrogens is 3. The molecule has 6 nitrogen and oxygen atoms in total. The Morgan fingerprint density at radius 2 is 2.00 bits per heavy atom. The van der Waals surface area contributed by atoms with Gasteiger partial charge in [-0.3, -0.25) is 4.79 Å². The second-order valence-electron chi connectivity index (χ2n) is 7.35. The third-order valence-electron chi connectivity index (χ3n) is 4.86. The first-order chi connectivity index (χ1) is 14.9. The summed E-state index contributed by atoms with van der Waals surface area (Å²) in [5.74, 6) is 0.607. The van der Waals surface area contributed by atoms with Gasteiger partial charge in [0.1, 0.15) is 0 Å². The molecule has 0 spiro atoms. The molecule has 3 rings (SSSR count). The van der Waals surface area contributed by atoms with E-state index in [0.717, 1.165) is 28.8 Å². The highest BCUT2D eigenvalue weighted by molar-refractivity contribution is 8.00. The fourth-order valence-corrected chi connectivity index (χ4v) is 4.20. The molecular formula is C23H27ClN4O2S. The van der Waals surface area contributed by atoms with Crippen molar-refractivity contribution in [3.63, 3.8) is 0 Å². The summed E-state index contributed by atoms with van der Waals surface area (Å²) in [6.45, 7) is 7.14. The molecule has 0 aliphatic heterocycles. The van der Waals surface area contributed by atoms with Gasteiger partial charge in [-0.05, 0) is 56.5 Å². The summed E-state index contributed by atoms with van der Waals surface area (Å²) in [5.41, 5.74) is 3.77. The number of methoxy groups -OCH3 is 1. The van der Waals surface area contributed by atoms with Gasteiger partial charge in [0.2, 0.25) is 5.91 Å². The third-order valence-corrected chi connectivity index (χ3v) is 6.27. The number of anilines is 1.